The molecule has 9 heavy (non-hydrogen) atoms. The van der Waals surface area contributed by atoms with Gasteiger partial charge in [0, 0.05) is 0 Å². The van der Waals surface area contributed by atoms with Crippen LogP contribution in [0.5, 0.6) is 0 Å². The predicted octanol–water partition coefficient (Wildman–Crippen LogP) is 2.71. The molecule has 1 rings (SSSR count). The van der Waals surface area contributed by atoms with Gasteiger partial charge < -0.3 is 0 Å². The molecule has 1 saturated heterocycles. The van der Waals surface area contributed by atoms with E-state index in [0.29, 0.717) is 5.38 Å². The molecular weight excluding hydrogens is 198 g/mol. The van der Waals surface area contributed by atoms with Crippen LogP contribution in [0.3, 0.4) is 0 Å². The Hall–Kier alpha value is 0.809. The van der Waals surface area contributed by atoms with Crippen molar-refractivity contribution in [2.45, 2.75) is 41.7 Å². The Morgan fingerprint density at radius 3 is 2.89 bits per heavy atom. The van der Waals surface area contributed by atoms with Crippen molar-refractivity contribution in [3.63, 3.8) is 0 Å². The molecule has 0 aromatic heterocycles. The first kappa shape index (κ1) is 7.91. The van der Waals surface area contributed by atoms with E-state index in [1.807, 2.05) is 0 Å². The molecule has 0 spiro atoms. The van der Waals surface area contributed by atoms with Gasteiger partial charge in [-0.25, -0.2) is 0 Å². The van der Waals surface area contributed by atoms with Crippen LogP contribution >= 0.6 is 11.6 Å². The third kappa shape index (κ3) is 3.50. The Balaban J connectivity index is 2.12. The number of rotatable bonds is 0. The zero-order chi connectivity index (χ0) is 6.53. The summed E-state index contributed by atoms with van der Waals surface area (Å²) in [4.78, 5) is 0. The molecule has 0 radical (unpaired) electrons. The molecule has 0 saturated carbocycles. The Bertz CT molecular complexity index is 67.3. The number of alkyl halides is 1. The fourth-order valence-electron chi connectivity index (χ4n) is 1.03. The summed E-state index contributed by atoms with van der Waals surface area (Å²) in [5.41, 5.74) is 0. The topological polar surface area (TPSA) is 0 Å². The van der Waals surface area contributed by atoms with E-state index in [-0.39, 0.29) is 0 Å². The van der Waals surface area contributed by atoms with Crippen LogP contribution in [0.4, 0.5) is 0 Å². The first-order chi connectivity index (χ1) is 4.39. The Labute approximate surface area is 68.5 Å². The van der Waals surface area contributed by atoms with E-state index in [0.717, 1.165) is 15.0 Å². The van der Waals surface area contributed by atoms with Crippen molar-refractivity contribution in [2.75, 3.05) is 0 Å². The van der Waals surface area contributed by atoms with Crippen LogP contribution < -0.4 is 0 Å². The van der Waals surface area contributed by atoms with Gasteiger partial charge in [-0.3, -0.25) is 0 Å². The van der Waals surface area contributed by atoms with Crippen LogP contribution in [-0.2, 0) is 0 Å². The molecule has 0 amide bonds. The second-order valence-corrected chi connectivity index (χ2v) is 5.68. The minimum absolute atomic E-state index is 0.507. The standard InChI is InChI=1S/C7H13ClSe/c8-7-3-1-2-5-9-6-4-7/h7H,1-6H2. The first-order valence-corrected chi connectivity index (χ1v) is 6.47. The van der Waals surface area contributed by atoms with E-state index in [9.17, 15) is 0 Å². The van der Waals surface area contributed by atoms with Crippen molar-refractivity contribution in [2.24, 2.45) is 0 Å². The summed E-state index contributed by atoms with van der Waals surface area (Å²) in [5, 5.41) is 3.42. The predicted molar refractivity (Wildman–Crippen MR) is 43.5 cm³/mol. The van der Waals surface area contributed by atoms with Crippen LogP contribution in [0.2, 0.25) is 10.6 Å². The molecule has 0 aliphatic carbocycles. The molecule has 1 fully saturated rings. The normalized spacial score (nSPS) is 31.0. The molecule has 1 aliphatic rings. The minimum atomic E-state index is 0.507. The van der Waals surface area contributed by atoms with Gasteiger partial charge in [0.2, 0.25) is 0 Å². The Morgan fingerprint density at radius 2 is 2.00 bits per heavy atom. The van der Waals surface area contributed by atoms with Crippen LogP contribution in [0.1, 0.15) is 25.7 Å². The van der Waals surface area contributed by atoms with Crippen LogP contribution in [0.25, 0.3) is 0 Å². The second-order valence-electron chi connectivity index (χ2n) is 2.49. The summed E-state index contributed by atoms with van der Waals surface area (Å²) in [5.74, 6) is 0. The van der Waals surface area contributed by atoms with Crippen LogP contribution in [0, 0.1) is 0 Å². The van der Waals surface area contributed by atoms with E-state index >= 15 is 0 Å². The summed E-state index contributed by atoms with van der Waals surface area (Å²) < 4.78 is 0. The average Bonchev–Trinajstić information content (AvgIpc) is 1.79. The van der Waals surface area contributed by atoms with E-state index in [1.165, 1.54) is 36.3 Å². The molecular formula is C7H13ClSe. The number of hydrogen-bond donors (Lipinski definition) is 0. The fourth-order valence-corrected chi connectivity index (χ4v) is 3.82. The zero-order valence-corrected chi connectivity index (χ0v) is 8.08. The molecule has 0 aromatic carbocycles. The van der Waals surface area contributed by atoms with E-state index < -0.39 is 0 Å². The summed E-state index contributed by atoms with van der Waals surface area (Å²) in [6.45, 7) is 0. The van der Waals surface area contributed by atoms with Crippen molar-refractivity contribution < 1.29 is 0 Å². The Kier molecular flexibility index (Phi) is 4.04. The van der Waals surface area contributed by atoms with Crippen LogP contribution in [0.15, 0.2) is 0 Å². The van der Waals surface area contributed by atoms with Gasteiger partial charge in [0.05, 0.1) is 0 Å². The average molecular weight is 212 g/mol. The molecule has 1 atom stereocenters. The summed E-state index contributed by atoms with van der Waals surface area (Å²) in [6, 6.07) is 0. The van der Waals surface area contributed by atoms with Crippen molar-refractivity contribution >= 4 is 26.6 Å². The maximum atomic E-state index is 6.00. The molecule has 1 unspecified atom stereocenters. The fraction of sp³-hybridized carbons (Fsp3) is 1.00. The molecule has 0 N–H and O–H groups in total. The third-order valence-electron chi connectivity index (χ3n) is 1.63. The molecule has 1 heterocycles. The first-order valence-electron chi connectivity index (χ1n) is 3.61. The molecule has 54 valence electrons. The second kappa shape index (κ2) is 4.60. The maximum absolute atomic E-state index is 6.00. The third-order valence-corrected chi connectivity index (χ3v) is 4.38. The van der Waals surface area contributed by atoms with Gasteiger partial charge in [-0.15, -0.1) is 0 Å². The van der Waals surface area contributed by atoms with Gasteiger partial charge in [0.25, 0.3) is 0 Å². The van der Waals surface area contributed by atoms with Crippen molar-refractivity contribution in [1.82, 2.24) is 0 Å². The number of hydrogen-bond acceptors (Lipinski definition) is 0. The molecule has 1 aliphatic heterocycles. The SMILES string of the molecule is ClC1CCCC[Se]CC1. The van der Waals surface area contributed by atoms with Gasteiger partial charge in [-0.1, -0.05) is 0 Å². The van der Waals surface area contributed by atoms with Crippen LogP contribution in [-0.4, -0.2) is 20.3 Å². The van der Waals surface area contributed by atoms with Crippen molar-refractivity contribution in [1.29, 1.82) is 0 Å². The van der Waals surface area contributed by atoms with E-state index in [1.54, 1.807) is 0 Å². The van der Waals surface area contributed by atoms with Crippen molar-refractivity contribution in [3.8, 4) is 0 Å². The van der Waals surface area contributed by atoms with E-state index in [4.69, 9.17) is 11.6 Å². The van der Waals surface area contributed by atoms with Gasteiger partial charge in [-0.2, -0.15) is 0 Å². The molecule has 2 heteroatoms. The van der Waals surface area contributed by atoms with Gasteiger partial charge >= 0.3 is 68.3 Å². The molecule has 0 bridgehead atoms. The van der Waals surface area contributed by atoms with Gasteiger partial charge in [-0.05, 0) is 0 Å². The molecule has 0 aromatic rings. The zero-order valence-electron chi connectivity index (χ0n) is 5.61. The summed E-state index contributed by atoms with van der Waals surface area (Å²) >= 11 is 6.93. The summed E-state index contributed by atoms with van der Waals surface area (Å²) in [7, 11) is 0. The molecule has 0 nitrogen and oxygen atoms in total. The quantitative estimate of drug-likeness (QED) is 0.427. The van der Waals surface area contributed by atoms with Gasteiger partial charge in [0.15, 0.2) is 0 Å². The summed E-state index contributed by atoms with van der Waals surface area (Å²) in [6.07, 6.45) is 5.35. The van der Waals surface area contributed by atoms with E-state index in [2.05, 4.69) is 0 Å². The van der Waals surface area contributed by atoms with Crippen molar-refractivity contribution in [3.05, 3.63) is 0 Å². The Morgan fingerprint density at radius 1 is 1.11 bits per heavy atom. The monoisotopic (exact) mass is 212 g/mol. The van der Waals surface area contributed by atoms with Gasteiger partial charge in [0.1, 0.15) is 0 Å². The number of halogens is 1.